The Morgan fingerprint density at radius 2 is 2.20 bits per heavy atom. The number of hydrogen-bond donors (Lipinski definition) is 2. The summed E-state index contributed by atoms with van der Waals surface area (Å²) in [6.45, 7) is 0.223. The fraction of sp³-hybridized carbons (Fsp3) is 1.00. The second kappa shape index (κ2) is 3.87. The Morgan fingerprint density at radius 1 is 1.70 bits per heavy atom. The molecule has 0 saturated heterocycles. The van der Waals surface area contributed by atoms with Crippen molar-refractivity contribution < 1.29 is 17.7 Å². The number of nitrogens with two attached hydrogens (primary N) is 1. The van der Waals surface area contributed by atoms with E-state index in [-0.39, 0.29) is 13.0 Å². The highest BCUT2D eigenvalue weighted by molar-refractivity contribution is 7.86. The molecule has 0 spiro atoms. The molecule has 1 atom stereocenters. The molecule has 1 unspecified atom stereocenters. The summed E-state index contributed by atoms with van der Waals surface area (Å²) in [7, 11) is -2.65. The van der Waals surface area contributed by atoms with Gasteiger partial charge < -0.3 is 10.5 Å². The predicted octanol–water partition coefficient (Wildman–Crippen LogP) is -0.804. The number of hydrogen-bond acceptors (Lipinski definition) is 4. The topological polar surface area (TPSA) is 89.6 Å². The molecule has 0 aliphatic rings. The smallest absolute Gasteiger partial charge is 0.280 e. The van der Waals surface area contributed by atoms with Crippen LogP contribution in [0.3, 0.4) is 0 Å². The molecular weight excluding hydrogens is 158 g/mol. The zero-order chi connectivity index (χ0) is 8.20. The molecule has 5 nitrogen and oxygen atoms in total. The van der Waals surface area contributed by atoms with E-state index in [1.165, 1.54) is 7.11 Å². The van der Waals surface area contributed by atoms with E-state index >= 15 is 0 Å². The van der Waals surface area contributed by atoms with Gasteiger partial charge in [-0.3, -0.25) is 4.55 Å². The van der Waals surface area contributed by atoms with E-state index in [1.807, 2.05) is 0 Å². The van der Waals surface area contributed by atoms with Crippen LogP contribution in [0.1, 0.15) is 6.42 Å². The van der Waals surface area contributed by atoms with Crippen molar-refractivity contribution >= 4 is 10.1 Å². The highest BCUT2D eigenvalue weighted by Gasteiger charge is 2.16. The van der Waals surface area contributed by atoms with Gasteiger partial charge in [-0.1, -0.05) is 0 Å². The van der Waals surface area contributed by atoms with Crippen molar-refractivity contribution in [3.05, 3.63) is 0 Å². The summed E-state index contributed by atoms with van der Waals surface area (Å²) in [5.74, 6) is 0. The van der Waals surface area contributed by atoms with Crippen LogP contribution in [0.5, 0.6) is 0 Å². The lowest BCUT2D eigenvalue weighted by Crippen LogP contribution is -2.31. The van der Waals surface area contributed by atoms with E-state index in [2.05, 4.69) is 4.74 Å². The van der Waals surface area contributed by atoms with E-state index in [9.17, 15) is 8.42 Å². The van der Waals surface area contributed by atoms with Crippen LogP contribution in [0.2, 0.25) is 0 Å². The van der Waals surface area contributed by atoms with Crippen LogP contribution in [-0.4, -0.2) is 32.1 Å². The fourth-order valence-electron chi connectivity index (χ4n) is 0.383. The maximum Gasteiger partial charge on any atom is 0.280 e. The van der Waals surface area contributed by atoms with Gasteiger partial charge in [-0.05, 0) is 0 Å². The first-order valence-electron chi connectivity index (χ1n) is 2.69. The molecule has 0 saturated carbocycles. The molecule has 0 radical (unpaired) electrons. The Labute approximate surface area is 59.9 Å². The predicted molar refractivity (Wildman–Crippen MR) is 36.0 cm³/mol. The molecule has 6 heteroatoms. The summed E-state index contributed by atoms with van der Waals surface area (Å²) in [6, 6.07) is 0. The van der Waals surface area contributed by atoms with Crippen LogP contribution in [-0.2, 0) is 14.9 Å². The average molecular weight is 169 g/mol. The SMILES string of the molecule is COCCC(N)S(=O)(=O)O. The van der Waals surface area contributed by atoms with Gasteiger partial charge in [0.2, 0.25) is 0 Å². The number of methoxy groups -OCH3 is 1. The highest BCUT2D eigenvalue weighted by atomic mass is 32.2. The fourth-order valence-corrected chi connectivity index (χ4v) is 0.777. The van der Waals surface area contributed by atoms with Crippen molar-refractivity contribution in [2.45, 2.75) is 11.8 Å². The van der Waals surface area contributed by atoms with E-state index in [4.69, 9.17) is 10.3 Å². The van der Waals surface area contributed by atoms with Gasteiger partial charge in [0.05, 0.1) is 0 Å². The van der Waals surface area contributed by atoms with Crippen molar-refractivity contribution in [3.63, 3.8) is 0 Å². The van der Waals surface area contributed by atoms with Crippen LogP contribution >= 0.6 is 0 Å². The minimum atomic E-state index is -4.08. The number of ether oxygens (including phenoxy) is 1. The molecule has 0 amide bonds. The second-order valence-corrected chi connectivity index (χ2v) is 3.47. The van der Waals surface area contributed by atoms with E-state index < -0.39 is 15.5 Å². The third kappa shape index (κ3) is 3.78. The maximum atomic E-state index is 10.2. The van der Waals surface area contributed by atoms with Gasteiger partial charge in [0.25, 0.3) is 10.1 Å². The van der Waals surface area contributed by atoms with Gasteiger partial charge in [0.1, 0.15) is 5.37 Å². The molecular formula is C4H11NO4S. The van der Waals surface area contributed by atoms with Gasteiger partial charge in [-0.15, -0.1) is 0 Å². The quantitative estimate of drug-likeness (QED) is 0.537. The van der Waals surface area contributed by atoms with Crippen molar-refractivity contribution in [1.29, 1.82) is 0 Å². The Balaban J connectivity index is 3.75. The summed E-state index contributed by atoms with van der Waals surface area (Å²) in [5, 5.41) is -1.23. The van der Waals surface area contributed by atoms with E-state index in [0.717, 1.165) is 0 Å². The number of rotatable bonds is 4. The Hall–Kier alpha value is -0.170. The molecule has 0 bridgehead atoms. The second-order valence-electron chi connectivity index (χ2n) is 1.83. The molecule has 3 N–H and O–H groups in total. The Morgan fingerprint density at radius 3 is 2.50 bits per heavy atom. The van der Waals surface area contributed by atoms with Gasteiger partial charge >= 0.3 is 0 Å². The minimum Gasteiger partial charge on any atom is -0.385 e. The summed E-state index contributed by atoms with van der Waals surface area (Å²) in [5.41, 5.74) is 5.02. The zero-order valence-electron chi connectivity index (χ0n) is 5.65. The lowest BCUT2D eigenvalue weighted by molar-refractivity contribution is 0.193. The molecule has 0 aromatic rings. The first-order valence-corrected chi connectivity index (χ1v) is 4.19. The monoisotopic (exact) mass is 169 g/mol. The third-order valence-electron chi connectivity index (χ3n) is 0.989. The molecule has 0 aliphatic heterocycles. The lowest BCUT2D eigenvalue weighted by atomic mass is 10.5. The maximum absolute atomic E-state index is 10.2. The van der Waals surface area contributed by atoms with Gasteiger partial charge in [-0.2, -0.15) is 8.42 Å². The van der Waals surface area contributed by atoms with Crippen molar-refractivity contribution in [3.8, 4) is 0 Å². The molecule has 0 heterocycles. The summed E-state index contributed by atoms with van der Waals surface area (Å²) in [6.07, 6.45) is 0.106. The third-order valence-corrected chi connectivity index (χ3v) is 1.99. The van der Waals surface area contributed by atoms with Crippen LogP contribution in [0.4, 0.5) is 0 Å². The summed E-state index contributed by atoms with van der Waals surface area (Å²) >= 11 is 0. The van der Waals surface area contributed by atoms with Crippen molar-refractivity contribution in [2.24, 2.45) is 5.73 Å². The first kappa shape index (κ1) is 9.83. The van der Waals surface area contributed by atoms with Crippen molar-refractivity contribution in [1.82, 2.24) is 0 Å². The van der Waals surface area contributed by atoms with Crippen LogP contribution < -0.4 is 5.73 Å². The largest absolute Gasteiger partial charge is 0.385 e. The Bertz CT molecular complexity index is 176. The first-order chi connectivity index (χ1) is 4.48. The van der Waals surface area contributed by atoms with E-state index in [1.54, 1.807) is 0 Å². The van der Waals surface area contributed by atoms with Gasteiger partial charge in [-0.25, -0.2) is 0 Å². The molecule has 0 rings (SSSR count). The normalized spacial score (nSPS) is 15.1. The Kier molecular flexibility index (Phi) is 3.80. The lowest BCUT2D eigenvalue weighted by Gasteiger charge is -2.05. The van der Waals surface area contributed by atoms with Crippen molar-refractivity contribution in [2.75, 3.05) is 13.7 Å². The van der Waals surface area contributed by atoms with E-state index in [0.29, 0.717) is 0 Å². The van der Waals surface area contributed by atoms with Crippen LogP contribution in [0.25, 0.3) is 0 Å². The summed E-state index contributed by atoms with van der Waals surface area (Å²) in [4.78, 5) is 0. The molecule has 0 aromatic carbocycles. The highest BCUT2D eigenvalue weighted by Crippen LogP contribution is 1.95. The molecule has 62 valence electrons. The van der Waals surface area contributed by atoms with Crippen LogP contribution in [0.15, 0.2) is 0 Å². The zero-order valence-corrected chi connectivity index (χ0v) is 6.47. The molecule has 10 heavy (non-hydrogen) atoms. The molecule has 0 aliphatic carbocycles. The average Bonchev–Trinajstić information content (AvgIpc) is 1.80. The minimum absolute atomic E-state index is 0.106. The van der Waals surface area contributed by atoms with Crippen LogP contribution in [0, 0.1) is 0 Å². The molecule has 0 aromatic heterocycles. The molecule has 0 fully saturated rings. The van der Waals surface area contributed by atoms with Gasteiger partial charge in [0, 0.05) is 20.1 Å². The standard InChI is InChI=1S/C4H11NO4S/c1-9-3-2-4(5)10(6,7)8/h4H,2-3,5H2,1H3,(H,6,7,8). The van der Waals surface area contributed by atoms with Gasteiger partial charge in [0.15, 0.2) is 0 Å². The summed E-state index contributed by atoms with van der Waals surface area (Å²) < 4.78 is 33.3.